The molecule has 0 radical (unpaired) electrons. The van der Waals surface area contributed by atoms with Crippen molar-refractivity contribution in [3.05, 3.63) is 78.4 Å². The lowest BCUT2D eigenvalue weighted by Gasteiger charge is -2.30. The molecule has 1 saturated heterocycles. The van der Waals surface area contributed by atoms with Gasteiger partial charge in [0.2, 0.25) is 0 Å². The van der Waals surface area contributed by atoms with Gasteiger partial charge in [-0.3, -0.25) is 4.90 Å². The van der Waals surface area contributed by atoms with Crippen LogP contribution in [0.5, 0.6) is 0 Å². The van der Waals surface area contributed by atoms with Crippen LogP contribution in [0.1, 0.15) is 18.4 Å². The number of rotatable bonds is 4. The average Bonchev–Trinajstić information content (AvgIpc) is 3.19. The summed E-state index contributed by atoms with van der Waals surface area (Å²) in [4.78, 5) is 10.4. The number of piperidine rings is 1. The maximum atomic E-state index is 9.85. The third-order valence-corrected chi connectivity index (χ3v) is 5.72. The zero-order chi connectivity index (χ0) is 19.6. The summed E-state index contributed by atoms with van der Waals surface area (Å²) in [7, 11) is 0. The Balaban J connectivity index is 1.30. The lowest BCUT2D eigenvalue weighted by Crippen LogP contribution is -2.37. The molecule has 1 aliphatic rings. The molecule has 0 aliphatic carbocycles. The highest BCUT2D eigenvalue weighted by Gasteiger charge is 2.17. The summed E-state index contributed by atoms with van der Waals surface area (Å²) >= 11 is 0. The highest BCUT2D eigenvalue weighted by Crippen LogP contribution is 2.25. The number of aromatic nitrogens is 2. The fourth-order valence-corrected chi connectivity index (χ4v) is 4.15. The SMILES string of the molecule is OC1CCCN(Cc2ccc(-c3ccc(-c4nc5ccccc5[nH]4)cc3)cc2)C1. The largest absolute Gasteiger partial charge is 0.392 e. The van der Waals surface area contributed by atoms with E-state index >= 15 is 0 Å². The van der Waals surface area contributed by atoms with Crippen molar-refractivity contribution in [1.29, 1.82) is 0 Å². The van der Waals surface area contributed by atoms with E-state index in [1.807, 2.05) is 24.3 Å². The molecule has 2 N–H and O–H groups in total. The van der Waals surface area contributed by atoms with Gasteiger partial charge in [0, 0.05) is 18.7 Å². The van der Waals surface area contributed by atoms with Crippen molar-refractivity contribution in [3.63, 3.8) is 0 Å². The Morgan fingerprint density at radius 2 is 1.59 bits per heavy atom. The van der Waals surface area contributed by atoms with Crippen molar-refractivity contribution in [2.75, 3.05) is 13.1 Å². The minimum absolute atomic E-state index is 0.173. The van der Waals surface area contributed by atoms with Crippen molar-refractivity contribution in [2.45, 2.75) is 25.5 Å². The first-order valence-corrected chi connectivity index (χ1v) is 10.3. The Kier molecular flexibility index (Phi) is 4.88. The molecule has 1 aromatic heterocycles. The maximum absolute atomic E-state index is 9.85. The molecular formula is C25H25N3O. The number of likely N-dealkylation sites (tertiary alicyclic amines) is 1. The molecule has 1 atom stereocenters. The topological polar surface area (TPSA) is 52.1 Å². The van der Waals surface area contributed by atoms with Crippen LogP contribution in [0.2, 0.25) is 0 Å². The number of imidazole rings is 1. The highest BCUT2D eigenvalue weighted by atomic mass is 16.3. The zero-order valence-electron chi connectivity index (χ0n) is 16.4. The summed E-state index contributed by atoms with van der Waals surface area (Å²) in [5.41, 5.74) is 6.84. The highest BCUT2D eigenvalue weighted by molar-refractivity contribution is 5.79. The Labute approximate surface area is 170 Å². The summed E-state index contributed by atoms with van der Waals surface area (Å²) in [5, 5.41) is 9.85. The van der Waals surface area contributed by atoms with Crippen LogP contribution in [0.4, 0.5) is 0 Å². The van der Waals surface area contributed by atoms with Crippen LogP contribution in [-0.4, -0.2) is 39.2 Å². The van der Waals surface area contributed by atoms with Gasteiger partial charge in [0.1, 0.15) is 5.82 Å². The number of nitrogens with zero attached hydrogens (tertiary/aromatic N) is 2. The molecule has 4 heteroatoms. The molecule has 4 nitrogen and oxygen atoms in total. The summed E-state index contributed by atoms with van der Waals surface area (Å²) < 4.78 is 0. The fourth-order valence-electron chi connectivity index (χ4n) is 4.15. The van der Waals surface area contributed by atoms with Crippen molar-refractivity contribution < 1.29 is 5.11 Å². The maximum Gasteiger partial charge on any atom is 0.138 e. The number of aliphatic hydroxyl groups is 1. The smallest absolute Gasteiger partial charge is 0.138 e. The lowest BCUT2D eigenvalue weighted by atomic mass is 10.0. The first-order valence-electron chi connectivity index (χ1n) is 10.3. The Morgan fingerprint density at radius 3 is 2.31 bits per heavy atom. The van der Waals surface area contributed by atoms with Crippen LogP contribution >= 0.6 is 0 Å². The van der Waals surface area contributed by atoms with Gasteiger partial charge in [0.25, 0.3) is 0 Å². The van der Waals surface area contributed by atoms with Gasteiger partial charge in [0.15, 0.2) is 0 Å². The lowest BCUT2D eigenvalue weighted by molar-refractivity contribution is 0.0668. The van der Waals surface area contributed by atoms with E-state index in [4.69, 9.17) is 0 Å². The molecule has 0 saturated carbocycles. The van der Waals surface area contributed by atoms with Crippen LogP contribution in [0.25, 0.3) is 33.5 Å². The number of hydrogen-bond donors (Lipinski definition) is 2. The quantitative estimate of drug-likeness (QED) is 0.529. The molecule has 1 aliphatic heterocycles. The van der Waals surface area contributed by atoms with E-state index in [1.54, 1.807) is 0 Å². The van der Waals surface area contributed by atoms with E-state index in [0.29, 0.717) is 0 Å². The number of benzene rings is 3. The molecule has 0 amide bonds. The van der Waals surface area contributed by atoms with Crippen LogP contribution in [-0.2, 0) is 6.54 Å². The van der Waals surface area contributed by atoms with Gasteiger partial charge in [-0.25, -0.2) is 4.98 Å². The molecule has 0 bridgehead atoms. The fraction of sp³-hybridized carbons (Fsp3) is 0.240. The van der Waals surface area contributed by atoms with Crippen LogP contribution < -0.4 is 0 Å². The van der Waals surface area contributed by atoms with Crippen LogP contribution in [0.3, 0.4) is 0 Å². The van der Waals surface area contributed by atoms with Gasteiger partial charge in [-0.2, -0.15) is 0 Å². The monoisotopic (exact) mass is 383 g/mol. The van der Waals surface area contributed by atoms with E-state index in [-0.39, 0.29) is 6.10 Å². The van der Waals surface area contributed by atoms with Gasteiger partial charge in [-0.05, 0) is 48.2 Å². The number of para-hydroxylation sites is 2. The minimum atomic E-state index is -0.173. The summed E-state index contributed by atoms with van der Waals surface area (Å²) in [6.45, 7) is 2.76. The van der Waals surface area contributed by atoms with Gasteiger partial charge in [0.05, 0.1) is 17.1 Å². The van der Waals surface area contributed by atoms with Gasteiger partial charge >= 0.3 is 0 Å². The van der Waals surface area contributed by atoms with Crippen molar-refractivity contribution in [2.24, 2.45) is 0 Å². The second-order valence-corrected chi connectivity index (χ2v) is 7.91. The van der Waals surface area contributed by atoms with Crippen LogP contribution in [0, 0.1) is 0 Å². The second kappa shape index (κ2) is 7.82. The number of aromatic amines is 1. The molecule has 1 unspecified atom stereocenters. The number of hydrogen-bond acceptors (Lipinski definition) is 3. The number of β-amino-alcohol motifs (C(OH)–C–C–N with tert-alkyl or cyclic N) is 1. The second-order valence-electron chi connectivity index (χ2n) is 7.91. The molecule has 1 fully saturated rings. The summed E-state index contributed by atoms with van der Waals surface area (Å²) in [6.07, 6.45) is 1.84. The molecule has 0 spiro atoms. The number of nitrogens with one attached hydrogen (secondary N) is 1. The van der Waals surface area contributed by atoms with Crippen LogP contribution in [0.15, 0.2) is 72.8 Å². The van der Waals surface area contributed by atoms with Crippen molar-refractivity contribution in [1.82, 2.24) is 14.9 Å². The van der Waals surface area contributed by atoms with Crippen molar-refractivity contribution in [3.8, 4) is 22.5 Å². The zero-order valence-corrected chi connectivity index (χ0v) is 16.4. The minimum Gasteiger partial charge on any atom is -0.392 e. The summed E-state index contributed by atoms with van der Waals surface area (Å²) in [5.74, 6) is 0.900. The average molecular weight is 383 g/mol. The summed E-state index contributed by atoms with van der Waals surface area (Å²) in [6, 6.07) is 25.4. The van der Waals surface area contributed by atoms with E-state index in [0.717, 1.165) is 54.9 Å². The third-order valence-electron chi connectivity index (χ3n) is 5.72. The third kappa shape index (κ3) is 3.95. The Bertz CT molecular complexity index is 1070. The van der Waals surface area contributed by atoms with E-state index in [2.05, 4.69) is 63.4 Å². The van der Waals surface area contributed by atoms with Gasteiger partial charge in [-0.1, -0.05) is 60.7 Å². The molecule has 3 aromatic carbocycles. The van der Waals surface area contributed by atoms with E-state index in [1.165, 1.54) is 16.7 Å². The normalized spacial score (nSPS) is 17.6. The first-order chi connectivity index (χ1) is 14.2. The number of H-pyrrole nitrogens is 1. The predicted octanol–water partition coefficient (Wildman–Crippen LogP) is 4.85. The molecular weight excluding hydrogens is 358 g/mol. The Hall–Kier alpha value is -2.95. The van der Waals surface area contributed by atoms with Gasteiger partial charge in [-0.15, -0.1) is 0 Å². The standard InChI is InChI=1S/C25H25N3O/c29-22-4-3-15-28(17-22)16-18-7-9-19(10-8-18)20-11-13-21(14-12-20)25-26-23-5-1-2-6-24(23)27-25/h1-2,5-14,22,29H,3-4,15-17H2,(H,26,27). The van der Waals surface area contributed by atoms with Gasteiger partial charge < -0.3 is 10.1 Å². The van der Waals surface area contributed by atoms with E-state index < -0.39 is 0 Å². The van der Waals surface area contributed by atoms with E-state index in [9.17, 15) is 5.11 Å². The first kappa shape index (κ1) is 18.1. The predicted molar refractivity (Wildman–Crippen MR) is 117 cm³/mol. The number of aliphatic hydroxyl groups excluding tert-OH is 1. The van der Waals surface area contributed by atoms with Crippen molar-refractivity contribution >= 4 is 11.0 Å². The molecule has 29 heavy (non-hydrogen) atoms. The molecule has 146 valence electrons. The molecule has 5 rings (SSSR count). The molecule has 2 heterocycles. The number of fused-ring (bicyclic) bond motifs is 1. The Morgan fingerprint density at radius 1 is 0.897 bits per heavy atom. The molecule has 4 aromatic rings.